The van der Waals surface area contributed by atoms with Crippen molar-refractivity contribution in [1.82, 2.24) is 0 Å². The van der Waals surface area contributed by atoms with E-state index in [1.54, 1.807) is 0 Å². The van der Waals surface area contributed by atoms with Crippen LogP contribution in [0.2, 0.25) is 0 Å². The average Bonchev–Trinajstić information content (AvgIpc) is 4.07. The van der Waals surface area contributed by atoms with Gasteiger partial charge in [0.2, 0.25) is 0 Å². The normalized spacial score (nSPS) is 15.2. The van der Waals surface area contributed by atoms with E-state index in [9.17, 15) is 0 Å². The van der Waals surface area contributed by atoms with Crippen LogP contribution in [0.3, 0.4) is 0 Å². The SMILES string of the molecule is c1ccc(CC(c2ccccc2)c2ccc3c(c2)-c2c(sc4ccccc24)C32c3ccccc3-c3c(N(c4ccccc4)c4cccc5c4sc4ccccc45)cccc32)cc1. The zero-order chi connectivity index (χ0) is 40.8. The monoisotopic (exact) mass is 825 g/mol. The molecule has 0 fully saturated rings. The molecule has 2 heterocycles. The Bertz CT molecular complexity index is 3510. The van der Waals surface area contributed by atoms with Gasteiger partial charge in [0.25, 0.3) is 0 Å². The van der Waals surface area contributed by atoms with Gasteiger partial charge in [-0.2, -0.15) is 0 Å². The van der Waals surface area contributed by atoms with Crippen LogP contribution in [0.15, 0.2) is 218 Å². The Hall–Kier alpha value is -7.04. The van der Waals surface area contributed by atoms with Crippen molar-refractivity contribution >= 4 is 70.0 Å². The number of benzene rings is 9. The van der Waals surface area contributed by atoms with E-state index in [1.807, 2.05) is 22.7 Å². The molecule has 2 aliphatic carbocycles. The molecule has 11 aromatic rings. The molecule has 2 aliphatic rings. The quantitative estimate of drug-likeness (QED) is 0.155. The molecule has 0 saturated heterocycles. The smallest absolute Gasteiger partial charge is 0.0820 e. The molecule has 2 atom stereocenters. The first-order chi connectivity index (χ1) is 30.8. The molecule has 9 aromatic carbocycles. The molecule has 0 amide bonds. The number of thiophene rings is 2. The van der Waals surface area contributed by atoms with E-state index in [1.165, 1.54) is 102 Å². The van der Waals surface area contributed by atoms with Crippen molar-refractivity contribution in [2.24, 2.45) is 0 Å². The summed E-state index contributed by atoms with van der Waals surface area (Å²) in [6, 6.07) is 81.7. The van der Waals surface area contributed by atoms with E-state index in [2.05, 4.69) is 223 Å². The third-order valence-electron chi connectivity index (χ3n) is 13.5. The molecule has 3 heteroatoms. The maximum absolute atomic E-state index is 2.56. The highest BCUT2D eigenvalue weighted by molar-refractivity contribution is 7.26. The van der Waals surface area contributed by atoms with Crippen LogP contribution >= 0.6 is 22.7 Å². The zero-order valence-electron chi connectivity index (χ0n) is 33.8. The van der Waals surface area contributed by atoms with Gasteiger partial charge in [0.05, 0.1) is 21.5 Å². The van der Waals surface area contributed by atoms with Gasteiger partial charge < -0.3 is 4.90 Å². The number of rotatable bonds is 7. The minimum Gasteiger partial charge on any atom is -0.308 e. The maximum atomic E-state index is 2.56. The molecule has 62 heavy (non-hydrogen) atoms. The molecule has 1 nitrogen and oxygen atoms in total. The predicted octanol–water partition coefficient (Wildman–Crippen LogP) is 16.5. The van der Waals surface area contributed by atoms with E-state index in [-0.39, 0.29) is 5.92 Å². The summed E-state index contributed by atoms with van der Waals surface area (Å²) in [7, 11) is 0. The van der Waals surface area contributed by atoms with Crippen LogP contribution in [-0.2, 0) is 11.8 Å². The fraction of sp³-hybridized carbons (Fsp3) is 0.0508. The second-order valence-electron chi connectivity index (χ2n) is 16.7. The Morgan fingerprint density at radius 2 is 1.03 bits per heavy atom. The van der Waals surface area contributed by atoms with E-state index in [4.69, 9.17) is 0 Å². The topological polar surface area (TPSA) is 3.24 Å². The molecule has 292 valence electrons. The standard InChI is InChI=1S/C59H39NS2/c1-4-18-38(19-5-1)36-46(39-20-6-2-7-21-39)40-34-35-49-47(37-40)55-45-26-12-15-33-54(45)62-58(55)59(49)48-28-13-10-25-44(48)56-50(59)29-17-30-51(56)60(41-22-8-3-9-23-41)52-31-16-27-43-42-24-11-14-32-53(42)61-57(43)52/h1-35,37,46H,36H2. The highest BCUT2D eigenvalue weighted by Gasteiger charge is 2.54. The molecule has 2 aromatic heterocycles. The Balaban J connectivity index is 1.09. The van der Waals surface area contributed by atoms with Crippen molar-refractivity contribution in [2.75, 3.05) is 4.90 Å². The van der Waals surface area contributed by atoms with Crippen molar-refractivity contribution in [3.05, 3.63) is 257 Å². The summed E-state index contributed by atoms with van der Waals surface area (Å²) in [6.07, 6.45) is 0.933. The van der Waals surface area contributed by atoms with Gasteiger partial charge in [0.1, 0.15) is 0 Å². The summed E-state index contributed by atoms with van der Waals surface area (Å²) in [5.41, 5.74) is 16.5. The number of fused-ring (bicyclic) bond motifs is 15. The summed E-state index contributed by atoms with van der Waals surface area (Å²) in [5.74, 6) is 0.208. The van der Waals surface area contributed by atoms with Gasteiger partial charge in [-0.25, -0.2) is 0 Å². The van der Waals surface area contributed by atoms with Gasteiger partial charge in [-0.3, -0.25) is 0 Å². The minimum atomic E-state index is -0.484. The molecule has 0 saturated carbocycles. The first-order valence-corrected chi connectivity index (χ1v) is 23.1. The largest absolute Gasteiger partial charge is 0.308 e. The molecular weight excluding hydrogens is 787 g/mol. The Morgan fingerprint density at radius 1 is 0.419 bits per heavy atom. The maximum Gasteiger partial charge on any atom is 0.0820 e. The van der Waals surface area contributed by atoms with Crippen molar-refractivity contribution < 1.29 is 0 Å². The lowest BCUT2D eigenvalue weighted by Crippen LogP contribution is -2.25. The molecule has 1 spiro atoms. The first-order valence-electron chi connectivity index (χ1n) is 21.5. The number of nitrogens with zero attached hydrogens (tertiary/aromatic N) is 1. The lowest BCUT2D eigenvalue weighted by molar-refractivity contribution is 0.794. The summed E-state index contributed by atoms with van der Waals surface area (Å²) in [5, 5.41) is 3.94. The van der Waals surface area contributed by atoms with Crippen molar-refractivity contribution in [1.29, 1.82) is 0 Å². The highest BCUT2D eigenvalue weighted by Crippen LogP contribution is 2.67. The number of hydrogen-bond acceptors (Lipinski definition) is 3. The van der Waals surface area contributed by atoms with Crippen LogP contribution in [0.4, 0.5) is 17.1 Å². The van der Waals surface area contributed by atoms with Crippen LogP contribution in [0, 0.1) is 0 Å². The summed E-state index contributed by atoms with van der Waals surface area (Å²) in [4.78, 5) is 3.96. The van der Waals surface area contributed by atoms with Gasteiger partial charge in [-0.1, -0.05) is 182 Å². The Labute approximate surface area is 369 Å². The lowest BCUT2D eigenvalue weighted by Gasteiger charge is -2.31. The average molecular weight is 826 g/mol. The van der Waals surface area contributed by atoms with Gasteiger partial charge in [0, 0.05) is 53.2 Å². The Morgan fingerprint density at radius 3 is 1.85 bits per heavy atom. The zero-order valence-corrected chi connectivity index (χ0v) is 35.5. The van der Waals surface area contributed by atoms with E-state index < -0.39 is 5.41 Å². The fourth-order valence-electron chi connectivity index (χ4n) is 10.9. The second kappa shape index (κ2) is 14.0. The predicted molar refractivity (Wildman–Crippen MR) is 264 cm³/mol. The first kappa shape index (κ1) is 35.7. The van der Waals surface area contributed by atoms with Crippen LogP contribution in [0.1, 0.15) is 44.2 Å². The van der Waals surface area contributed by atoms with Gasteiger partial charge >= 0.3 is 0 Å². The summed E-state index contributed by atoms with van der Waals surface area (Å²) < 4.78 is 3.94. The minimum absolute atomic E-state index is 0.208. The number of hydrogen-bond donors (Lipinski definition) is 0. The fourth-order valence-corrected chi connectivity index (χ4v) is 13.6. The highest BCUT2D eigenvalue weighted by atomic mass is 32.1. The van der Waals surface area contributed by atoms with Crippen molar-refractivity contribution in [2.45, 2.75) is 17.8 Å². The number of para-hydroxylation sites is 1. The van der Waals surface area contributed by atoms with Crippen molar-refractivity contribution in [3.8, 4) is 22.3 Å². The number of anilines is 3. The Kier molecular flexibility index (Phi) is 8.06. The van der Waals surface area contributed by atoms with Crippen molar-refractivity contribution in [3.63, 3.8) is 0 Å². The molecule has 2 unspecified atom stereocenters. The molecular formula is C59H39NS2. The van der Waals surface area contributed by atoms with Crippen LogP contribution in [0.5, 0.6) is 0 Å². The lowest BCUT2D eigenvalue weighted by atomic mass is 9.73. The third-order valence-corrected chi connectivity index (χ3v) is 16.0. The summed E-state index contributed by atoms with van der Waals surface area (Å²) in [6.45, 7) is 0. The summed E-state index contributed by atoms with van der Waals surface area (Å²) >= 11 is 3.87. The van der Waals surface area contributed by atoms with E-state index >= 15 is 0 Å². The van der Waals surface area contributed by atoms with Gasteiger partial charge in [0.15, 0.2) is 0 Å². The molecule has 0 radical (unpaired) electrons. The van der Waals surface area contributed by atoms with Crippen LogP contribution in [0.25, 0.3) is 52.5 Å². The van der Waals surface area contributed by atoms with Crippen LogP contribution in [-0.4, -0.2) is 0 Å². The second-order valence-corrected chi connectivity index (χ2v) is 18.8. The van der Waals surface area contributed by atoms with Gasteiger partial charge in [-0.05, 0) is 87.3 Å². The third kappa shape index (κ3) is 5.13. The van der Waals surface area contributed by atoms with Crippen LogP contribution < -0.4 is 4.90 Å². The molecule has 0 N–H and O–H groups in total. The molecule has 13 rings (SSSR count). The van der Waals surface area contributed by atoms with E-state index in [0.29, 0.717) is 0 Å². The van der Waals surface area contributed by atoms with E-state index in [0.717, 1.165) is 12.1 Å². The van der Waals surface area contributed by atoms with Gasteiger partial charge in [-0.15, -0.1) is 22.7 Å². The molecule has 0 bridgehead atoms. The molecule has 0 aliphatic heterocycles.